The molecule has 2 heterocycles. The van der Waals surface area contributed by atoms with Gasteiger partial charge in [0.1, 0.15) is 5.75 Å². The van der Waals surface area contributed by atoms with Crippen LogP contribution in [0.2, 0.25) is 0 Å². The number of hydrogen-bond acceptors (Lipinski definition) is 5. The topological polar surface area (TPSA) is 77.2 Å². The molecule has 1 N–H and O–H groups in total. The van der Waals surface area contributed by atoms with Crippen LogP contribution < -0.4 is 4.74 Å². The van der Waals surface area contributed by atoms with Crippen LogP contribution in [-0.2, 0) is 17.8 Å². The Balaban J connectivity index is 1.82. The van der Waals surface area contributed by atoms with Crippen molar-refractivity contribution in [3.8, 4) is 5.75 Å². The van der Waals surface area contributed by atoms with Gasteiger partial charge in [-0.3, -0.25) is 4.79 Å². The van der Waals surface area contributed by atoms with Gasteiger partial charge < -0.3 is 14.4 Å². The highest BCUT2D eigenvalue weighted by molar-refractivity contribution is 7.99. The summed E-state index contributed by atoms with van der Waals surface area (Å²) in [5.74, 6) is 0.746. The Bertz CT molecular complexity index is 646. The highest BCUT2D eigenvalue weighted by Gasteiger charge is 2.29. The van der Waals surface area contributed by atoms with E-state index in [1.807, 2.05) is 35.8 Å². The van der Waals surface area contributed by atoms with Crippen LogP contribution in [0.4, 0.5) is 0 Å². The predicted molar refractivity (Wildman–Crippen MR) is 77.6 cm³/mol. The van der Waals surface area contributed by atoms with Crippen molar-refractivity contribution in [3.63, 3.8) is 0 Å². The summed E-state index contributed by atoms with van der Waals surface area (Å²) < 4.78 is 7.85. The molecule has 21 heavy (non-hydrogen) atoms. The second kappa shape index (κ2) is 5.77. The molecular weight excluding hydrogens is 290 g/mol. The Kier molecular flexibility index (Phi) is 3.83. The zero-order chi connectivity index (χ0) is 14.8. The van der Waals surface area contributed by atoms with Crippen molar-refractivity contribution in [1.29, 1.82) is 0 Å². The van der Waals surface area contributed by atoms with E-state index in [-0.39, 0.29) is 11.9 Å². The van der Waals surface area contributed by atoms with E-state index in [1.54, 1.807) is 0 Å². The summed E-state index contributed by atoms with van der Waals surface area (Å²) in [5.41, 5.74) is 1.16. The Hall–Kier alpha value is -2.02. The van der Waals surface area contributed by atoms with Gasteiger partial charge in [-0.1, -0.05) is 30.0 Å². The monoisotopic (exact) mass is 305 g/mol. The van der Waals surface area contributed by atoms with E-state index < -0.39 is 5.97 Å². The van der Waals surface area contributed by atoms with Crippen molar-refractivity contribution in [2.24, 2.45) is 0 Å². The smallest absolute Gasteiger partial charge is 0.313 e. The normalized spacial score (nSPS) is 16.5. The van der Waals surface area contributed by atoms with Gasteiger partial charge >= 0.3 is 5.97 Å². The van der Waals surface area contributed by atoms with Crippen LogP contribution in [0, 0.1) is 0 Å². The van der Waals surface area contributed by atoms with Crippen LogP contribution in [0.3, 0.4) is 0 Å². The first-order valence-corrected chi connectivity index (χ1v) is 7.70. The van der Waals surface area contributed by atoms with E-state index in [0.717, 1.165) is 23.6 Å². The number of ether oxygens (including phenoxy) is 1. The number of fused-ring (bicyclic) bond motifs is 1. The van der Waals surface area contributed by atoms with E-state index in [1.165, 1.54) is 11.8 Å². The van der Waals surface area contributed by atoms with Crippen LogP contribution in [-0.4, -0.2) is 31.6 Å². The van der Waals surface area contributed by atoms with Gasteiger partial charge in [0.25, 0.3) is 0 Å². The Morgan fingerprint density at radius 1 is 1.48 bits per heavy atom. The van der Waals surface area contributed by atoms with Crippen LogP contribution in [0.1, 0.15) is 24.4 Å². The van der Waals surface area contributed by atoms with Crippen molar-refractivity contribution in [2.75, 3.05) is 5.75 Å². The van der Waals surface area contributed by atoms with E-state index in [0.29, 0.717) is 11.7 Å². The molecule has 0 radical (unpaired) electrons. The summed E-state index contributed by atoms with van der Waals surface area (Å²) in [6.45, 7) is 2.67. The lowest BCUT2D eigenvalue weighted by molar-refractivity contribution is -0.133. The van der Waals surface area contributed by atoms with Crippen molar-refractivity contribution < 1.29 is 14.6 Å². The third-order valence-electron chi connectivity index (χ3n) is 3.32. The molecule has 1 aliphatic heterocycles. The number of hydrogen-bond donors (Lipinski definition) is 1. The fraction of sp³-hybridized carbons (Fsp3) is 0.357. The summed E-state index contributed by atoms with van der Waals surface area (Å²) in [7, 11) is 0. The first-order valence-electron chi connectivity index (χ1n) is 6.71. The predicted octanol–water partition coefficient (Wildman–Crippen LogP) is 2.15. The molecule has 7 heteroatoms. The lowest BCUT2D eigenvalue weighted by atomic mass is 10.1. The van der Waals surface area contributed by atoms with E-state index in [9.17, 15) is 4.79 Å². The minimum absolute atomic E-state index is 0.0239. The largest absolute Gasteiger partial charge is 0.482 e. The SMILES string of the molecule is CCn1c(SCC(=O)O)nnc1C1Cc2ccccc2O1. The third kappa shape index (κ3) is 2.73. The quantitative estimate of drug-likeness (QED) is 0.853. The summed E-state index contributed by atoms with van der Waals surface area (Å²) in [5, 5.41) is 17.7. The molecule has 1 aliphatic rings. The minimum Gasteiger partial charge on any atom is -0.482 e. The average Bonchev–Trinajstić information content (AvgIpc) is 3.07. The molecule has 1 atom stereocenters. The van der Waals surface area contributed by atoms with Gasteiger partial charge in [0, 0.05) is 13.0 Å². The third-order valence-corrected chi connectivity index (χ3v) is 4.27. The molecule has 0 bridgehead atoms. The number of benzene rings is 1. The molecule has 0 amide bonds. The number of carboxylic acids is 1. The Labute approximate surface area is 126 Å². The molecule has 0 spiro atoms. The van der Waals surface area contributed by atoms with Gasteiger partial charge in [-0.05, 0) is 18.6 Å². The number of aliphatic carboxylic acids is 1. The molecule has 6 nitrogen and oxygen atoms in total. The first kappa shape index (κ1) is 13.9. The molecule has 1 aromatic heterocycles. The van der Waals surface area contributed by atoms with E-state index in [2.05, 4.69) is 10.2 Å². The number of nitrogens with zero attached hydrogens (tertiary/aromatic N) is 3. The van der Waals surface area contributed by atoms with Gasteiger partial charge in [-0.15, -0.1) is 10.2 Å². The molecule has 0 saturated carbocycles. The van der Waals surface area contributed by atoms with Crippen LogP contribution in [0.15, 0.2) is 29.4 Å². The standard InChI is InChI=1S/C14H15N3O3S/c1-2-17-13(15-16-14(17)21-8-12(18)19)11-7-9-5-3-4-6-10(9)20-11/h3-6,11H,2,7-8H2,1H3,(H,18,19). The number of carbonyl (C=O) groups is 1. The molecule has 0 aliphatic carbocycles. The second-order valence-corrected chi connectivity index (χ2v) is 5.63. The van der Waals surface area contributed by atoms with Crippen molar-refractivity contribution in [2.45, 2.75) is 31.1 Å². The van der Waals surface area contributed by atoms with E-state index >= 15 is 0 Å². The van der Waals surface area contributed by atoms with Gasteiger partial charge in [0.2, 0.25) is 0 Å². The van der Waals surface area contributed by atoms with Crippen molar-refractivity contribution >= 4 is 17.7 Å². The van der Waals surface area contributed by atoms with Gasteiger partial charge in [-0.2, -0.15) is 0 Å². The molecule has 1 aromatic carbocycles. The fourth-order valence-electron chi connectivity index (χ4n) is 2.39. The van der Waals surface area contributed by atoms with E-state index in [4.69, 9.17) is 9.84 Å². The number of thioether (sulfide) groups is 1. The number of aromatic nitrogens is 3. The summed E-state index contributed by atoms with van der Waals surface area (Å²) in [6.07, 6.45) is 0.604. The zero-order valence-corrected chi connectivity index (χ0v) is 12.3. The maximum Gasteiger partial charge on any atom is 0.313 e. The van der Waals surface area contributed by atoms with Gasteiger partial charge in [0.05, 0.1) is 5.75 Å². The van der Waals surface area contributed by atoms with Crippen molar-refractivity contribution in [3.05, 3.63) is 35.7 Å². The van der Waals surface area contributed by atoms with Crippen LogP contribution in [0.5, 0.6) is 5.75 Å². The molecule has 3 rings (SSSR count). The lowest BCUT2D eigenvalue weighted by Crippen LogP contribution is -2.12. The lowest BCUT2D eigenvalue weighted by Gasteiger charge is -2.12. The zero-order valence-electron chi connectivity index (χ0n) is 11.5. The molecule has 1 unspecified atom stereocenters. The van der Waals surface area contributed by atoms with Crippen LogP contribution in [0.25, 0.3) is 0 Å². The average molecular weight is 305 g/mol. The number of para-hydroxylation sites is 1. The second-order valence-electron chi connectivity index (χ2n) is 4.69. The Morgan fingerprint density at radius 2 is 2.29 bits per heavy atom. The maximum atomic E-state index is 10.7. The summed E-state index contributed by atoms with van der Waals surface area (Å²) >= 11 is 1.18. The highest BCUT2D eigenvalue weighted by Crippen LogP contribution is 2.36. The van der Waals surface area contributed by atoms with Crippen molar-refractivity contribution in [1.82, 2.24) is 14.8 Å². The highest BCUT2D eigenvalue weighted by atomic mass is 32.2. The number of rotatable bonds is 5. The summed E-state index contributed by atoms with van der Waals surface area (Å²) in [4.78, 5) is 10.7. The molecular formula is C14H15N3O3S. The molecule has 0 saturated heterocycles. The maximum absolute atomic E-state index is 10.7. The minimum atomic E-state index is -0.864. The molecule has 2 aromatic rings. The first-order chi connectivity index (χ1) is 10.2. The van der Waals surface area contributed by atoms with Crippen LogP contribution >= 0.6 is 11.8 Å². The fourth-order valence-corrected chi connectivity index (χ4v) is 3.12. The molecule has 0 fully saturated rings. The van der Waals surface area contributed by atoms with Gasteiger partial charge in [0.15, 0.2) is 17.1 Å². The van der Waals surface area contributed by atoms with Gasteiger partial charge in [-0.25, -0.2) is 0 Å². The number of carboxylic acid groups (broad SMARTS) is 1. The molecule has 110 valence electrons. The Morgan fingerprint density at radius 3 is 3.00 bits per heavy atom. The summed E-state index contributed by atoms with van der Waals surface area (Å²) in [6, 6.07) is 7.92.